The van der Waals surface area contributed by atoms with Crippen LogP contribution in [0.15, 0.2) is 18.2 Å². The van der Waals surface area contributed by atoms with Crippen LogP contribution in [0.5, 0.6) is 11.5 Å². The standard InChI is InChI=1S/C14H23NO2/c1-10(2)8-9-11(15)14-12(16-3)6-5-7-13(14)17-4/h5-7,10-11H,8-9,15H2,1-4H3/t11-/m0/s1. The molecule has 0 fully saturated rings. The van der Waals surface area contributed by atoms with Gasteiger partial charge in [-0.3, -0.25) is 0 Å². The average molecular weight is 237 g/mol. The van der Waals surface area contributed by atoms with Crippen LogP contribution in [-0.2, 0) is 0 Å². The van der Waals surface area contributed by atoms with Gasteiger partial charge in [0.2, 0.25) is 0 Å². The minimum Gasteiger partial charge on any atom is -0.496 e. The Balaban J connectivity index is 2.92. The molecule has 0 radical (unpaired) electrons. The lowest BCUT2D eigenvalue weighted by Crippen LogP contribution is -2.13. The fraction of sp³-hybridized carbons (Fsp3) is 0.571. The first kappa shape index (κ1) is 13.8. The van der Waals surface area contributed by atoms with E-state index in [1.165, 1.54) is 0 Å². The molecule has 0 aliphatic heterocycles. The minimum atomic E-state index is -0.0384. The molecule has 96 valence electrons. The summed E-state index contributed by atoms with van der Waals surface area (Å²) in [6, 6.07) is 5.72. The summed E-state index contributed by atoms with van der Waals surface area (Å²) in [6.07, 6.45) is 2.04. The second kappa shape index (κ2) is 6.50. The lowest BCUT2D eigenvalue weighted by molar-refractivity contribution is 0.373. The van der Waals surface area contributed by atoms with Crippen LogP contribution in [0.3, 0.4) is 0 Å². The van der Waals surface area contributed by atoms with Crippen molar-refractivity contribution < 1.29 is 9.47 Å². The Morgan fingerprint density at radius 1 is 1.06 bits per heavy atom. The largest absolute Gasteiger partial charge is 0.496 e. The van der Waals surface area contributed by atoms with E-state index < -0.39 is 0 Å². The van der Waals surface area contributed by atoms with E-state index in [1.807, 2.05) is 18.2 Å². The van der Waals surface area contributed by atoms with Crippen LogP contribution < -0.4 is 15.2 Å². The summed E-state index contributed by atoms with van der Waals surface area (Å²) >= 11 is 0. The van der Waals surface area contributed by atoms with Crippen LogP contribution in [-0.4, -0.2) is 14.2 Å². The third-order valence-corrected chi connectivity index (χ3v) is 2.89. The van der Waals surface area contributed by atoms with Crippen molar-refractivity contribution in [1.29, 1.82) is 0 Å². The molecule has 0 aliphatic carbocycles. The second-order valence-corrected chi connectivity index (χ2v) is 4.65. The monoisotopic (exact) mass is 237 g/mol. The summed E-state index contributed by atoms with van der Waals surface area (Å²) in [7, 11) is 3.32. The third-order valence-electron chi connectivity index (χ3n) is 2.89. The number of nitrogens with two attached hydrogens (primary N) is 1. The Morgan fingerprint density at radius 3 is 2.00 bits per heavy atom. The molecule has 1 rings (SSSR count). The molecule has 0 unspecified atom stereocenters. The Labute approximate surface area is 104 Å². The van der Waals surface area contributed by atoms with E-state index in [-0.39, 0.29) is 6.04 Å². The van der Waals surface area contributed by atoms with Crippen molar-refractivity contribution in [1.82, 2.24) is 0 Å². The zero-order valence-electron chi connectivity index (χ0n) is 11.2. The molecule has 0 heterocycles. The maximum Gasteiger partial charge on any atom is 0.127 e. The summed E-state index contributed by atoms with van der Waals surface area (Å²) in [4.78, 5) is 0. The minimum absolute atomic E-state index is 0.0384. The van der Waals surface area contributed by atoms with Crippen molar-refractivity contribution >= 4 is 0 Å². The predicted molar refractivity (Wildman–Crippen MR) is 70.5 cm³/mol. The van der Waals surface area contributed by atoms with Gasteiger partial charge in [-0.05, 0) is 30.9 Å². The van der Waals surface area contributed by atoms with Gasteiger partial charge in [0, 0.05) is 6.04 Å². The Hall–Kier alpha value is -1.22. The summed E-state index contributed by atoms with van der Waals surface area (Å²) in [5.41, 5.74) is 7.21. The number of hydrogen-bond acceptors (Lipinski definition) is 3. The van der Waals surface area contributed by atoms with Crippen molar-refractivity contribution in [2.24, 2.45) is 11.7 Å². The fourth-order valence-corrected chi connectivity index (χ4v) is 1.90. The van der Waals surface area contributed by atoms with Crippen molar-refractivity contribution in [3.63, 3.8) is 0 Å². The highest BCUT2D eigenvalue weighted by Crippen LogP contribution is 2.35. The number of hydrogen-bond donors (Lipinski definition) is 1. The Kier molecular flexibility index (Phi) is 5.29. The van der Waals surface area contributed by atoms with Crippen LogP contribution >= 0.6 is 0 Å². The van der Waals surface area contributed by atoms with Gasteiger partial charge in [-0.2, -0.15) is 0 Å². The summed E-state index contributed by atoms with van der Waals surface area (Å²) in [6.45, 7) is 4.40. The van der Waals surface area contributed by atoms with E-state index >= 15 is 0 Å². The predicted octanol–water partition coefficient (Wildman–Crippen LogP) is 3.14. The molecule has 2 N–H and O–H groups in total. The van der Waals surface area contributed by atoms with Gasteiger partial charge in [0.25, 0.3) is 0 Å². The van der Waals surface area contributed by atoms with Gasteiger partial charge < -0.3 is 15.2 Å². The van der Waals surface area contributed by atoms with Crippen LogP contribution in [0.25, 0.3) is 0 Å². The zero-order valence-corrected chi connectivity index (χ0v) is 11.2. The molecule has 1 atom stereocenters. The molecule has 1 aromatic carbocycles. The fourth-order valence-electron chi connectivity index (χ4n) is 1.90. The van der Waals surface area contributed by atoms with Crippen molar-refractivity contribution in [3.05, 3.63) is 23.8 Å². The van der Waals surface area contributed by atoms with E-state index in [2.05, 4.69) is 13.8 Å². The van der Waals surface area contributed by atoms with E-state index in [9.17, 15) is 0 Å². The van der Waals surface area contributed by atoms with Gasteiger partial charge in [0.1, 0.15) is 11.5 Å². The number of benzene rings is 1. The van der Waals surface area contributed by atoms with E-state index in [1.54, 1.807) is 14.2 Å². The first-order valence-corrected chi connectivity index (χ1v) is 6.06. The van der Waals surface area contributed by atoms with Gasteiger partial charge in [-0.1, -0.05) is 19.9 Å². The van der Waals surface area contributed by atoms with Crippen LogP contribution in [0.2, 0.25) is 0 Å². The van der Waals surface area contributed by atoms with Gasteiger partial charge >= 0.3 is 0 Å². The molecule has 0 aromatic heterocycles. The molecular formula is C14H23NO2. The summed E-state index contributed by atoms with van der Waals surface area (Å²) < 4.78 is 10.7. The van der Waals surface area contributed by atoms with E-state index in [4.69, 9.17) is 15.2 Å². The summed E-state index contributed by atoms with van der Waals surface area (Å²) in [5.74, 6) is 2.27. The number of rotatable bonds is 6. The topological polar surface area (TPSA) is 44.5 Å². The SMILES string of the molecule is COc1cccc(OC)c1[C@@H](N)CCC(C)C. The quantitative estimate of drug-likeness (QED) is 0.826. The van der Waals surface area contributed by atoms with Crippen LogP contribution in [0, 0.1) is 5.92 Å². The number of methoxy groups -OCH3 is 2. The molecule has 1 aromatic rings. The smallest absolute Gasteiger partial charge is 0.127 e. The Bertz CT molecular complexity index is 328. The maximum absolute atomic E-state index is 6.24. The van der Waals surface area contributed by atoms with Crippen molar-refractivity contribution in [2.75, 3.05) is 14.2 Å². The van der Waals surface area contributed by atoms with E-state index in [0.29, 0.717) is 5.92 Å². The normalized spacial score (nSPS) is 12.6. The average Bonchev–Trinajstić information content (AvgIpc) is 2.34. The van der Waals surface area contributed by atoms with Gasteiger partial charge in [-0.25, -0.2) is 0 Å². The van der Waals surface area contributed by atoms with Crippen molar-refractivity contribution in [3.8, 4) is 11.5 Å². The van der Waals surface area contributed by atoms with Gasteiger partial charge in [0.05, 0.1) is 19.8 Å². The molecule has 0 spiro atoms. The molecular weight excluding hydrogens is 214 g/mol. The molecule has 0 aliphatic rings. The Morgan fingerprint density at radius 2 is 1.59 bits per heavy atom. The zero-order chi connectivity index (χ0) is 12.8. The maximum atomic E-state index is 6.24. The molecule has 0 amide bonds. The molecule has 0 bridgehead atoms. The highest BCUT2D eigenvalue weighted by atomic mass is 16.5. The lowest BCUT2D eigenvalue weighted by Gasteiger charge is -2.19. The lowest BCUT2D eigenvalue weighted by atomic mass is 9.97. The molecule has 17 heavy (non-hydrogen) atoms. The van der Waals surface area contributed by atoms with Crippen LogP contribution in [0.1, 0.15) is 38.3 Å². The summed E-state index contributed by atoms with van der Waals surface area (Å²) in [5, 5.41) is 0. The molecule has 0 saturated heterocycles. The highest BCUT2D eigenvalue weighted by molar-refractivity contribution is 5.46. The first-order chi connectivity index (χ1) is 8.10. The highest BCUT2D eigenvalue weighted by Gasteiger charge is 2.17. The van der Waals surface area contributed by atoms with Gasteiger partial charge in [-0.15, -0.1) is 0 Å². The molecule has 3 heteroatoms. The molecule has 3 nitrogen and oxygen atoms in total. The second-order valence-electron chi connectivity index (χ2n) is 4.65. The van der Waals surface area contributed by atoms with E-state index in [0.717, 1.165) is 29.9 Å². The third kappa shape index (κ3) is 3.63. The van der Waals surface area contributed by atoms with Gasteiger partial charge in [0.15, 0.2) is 0 Å². The first-order valence-electron chi connectivity index (χ1n) is 6.06. The number of ether oxygens (including phenoxy) is 2. The van der Waals surface area contributed by atoms with Crippen molar-refractivity contribution in [2.45, 2.75) is 32.7 Å². The van der Waals surface area contributed by atoms with Crippen LogP contribution in [0.4, 0.5) is 0 Å². The molecule has 0 saturated carbocycles.